The second kappa shape index (κ2) is 9.79. The SMILES string of the molecule is COc1cccc(-c2nn(Cc3ccccc3)cc2C(=O)N(C)CCN2CCCC2)c1. The summed E-state index contributed by atoms with van der Waals surface area (Å²) in [5.41, 5.74) is 3.33. The third-order valence-electron chi connectivity index (χ3n) is 5.82. The molecule has 1 saturated heterocycles. The van der Waals surface area contributed by atoms with Gasteiger partial charge >= 0.3 is 0 Å². The van der Waals surface area contributed by atoms with Gasteiger partial charge in [0.15, 0.2) is 0 Å². The molecular formula is C25H30N4O2. The van der Waals surface area contributed by atoms with Gasteiger partial charge in [0.25, 0.3) is 5.91 Å². The zero-order chi connectivity index (χ0) is 21.6. The first-order valence-electron chi connectivity index (χ1n) is 10.9. The van der Waals surface area contributed by atoms with Gasteiger partial charge in [-0.15, -0.1) is 0 Å². The van der Waals surface area contributed by atoms with Gasteiger partial charge < -0.3 is 14.5 Å². The van der Waals surface area contributed by atoms with Crippen LogP contribution in [0.2, 0.25) is 0 Å². The molecule has 0 atom stereocenters. The fourth-order valence-electron chi connectivity index (χ4n) is 4.02. The number of ether oxygens (including phenoxy) is 1. The van der Waals surface area contributed by atoms with E-state index in [1.807, 2.05) is 65.3 Å². The smallest absolute Gasteiger partial charge is 0.257 e. The van der Waals surface area contributed by atoms with E-state index in [2.05, 4.69) is 17.0 Å². The van der Waals surface area contributed by atoms with E-state index in [1.54, 1.807) is 7.11 Å². The molecule has 4 rings (SSSR count). The lowest BCUT2D eigenvalue weighted by Crippen LogP contribution is -2.35. The Hall–Kier alpha value is -3.12. The van der Waals surface area contributed by atoms with E-state index in [0.29, 0.717) is 24.3 Å². The van der Waals surface area contributed by atoms with Gasteiger partial charge in [0.05, 0.1) is 19.2 Å². The zero-order valence-corrected chi connectivity index (χ0v) is 18.3. The van der Waals surface area contributed by atoms with Crippen molar-refractivity contribution in [1.82, 2.24) is 19.6 Å². The molecule has 31 heavy (non-hydrogen) atoms. The number of likely N-dealkylation sites (N-methyl/N-ethyl adjacent to an activating group) is 1. The molecule has 162 valence electrons. The summed E-state index contributed by atoms with van der Waals surface area (Å²) in [5, 5.41) is 4.80. The predicted octanol–water partition coefficient (Wildman–Crippen LogP) is 3.77. The lowest BCUT2D eigenvalue weighted by molar-refractivity contribution is 0.0783. The van der Waals surface area contributed by atoms with Crippen molar-refractivity contribution in [3.05, 3.63) is 71.9 Å². The Morgan fingerprint density at radius 1 is 1.10 bits per heavy atom. The molecular weight excluding hydrogens is 388 g/mol. The maximum absolute atomic E-state index is 13.4. The van der Waals surface area contributed by atoms with Gasteiger partial charge in [-0.25, -0.2) is 0 Å². The van der Waals surface area contributed by atoms with Gasteiger partial charge in [0, 0.05) is 31.9 Å². The molecule has 0 spiro atoms. The first-order valence-corrected chi connectivity index (χ1v) is 10.9. The van der Waals surface area contributed by atoms with E-state index >= 15 is 0 Å². The van der Waals surface area contributed by atoms with Crippen molar-refractivity contribution < 1.29 is 9.53 Å². The molecule has 1 aliphatic rings. The maximum Gasteiger partial charge on any atom is 0.257 e. The predicted molar refractivity (Wildman–Crippen MR) is 122 cm³/mol. The highest BCUT2D eigenvalue weighted by Gasteiger charge is 2.22. The molecule has 0 radical (unpaired) electrons. The van der Waals surface area contributed by atoms with E-state index < -0.39 is 0 Å². The van der Waals surface area contributed by atoms with Gasteiger partial charge in [-0.05, 0) is 43.6 Å². The number of hydrogen-bond donors (Lipinski definition) is 0. The molecule has 1 aromatic heterocycles. The maximum atomic E-state index is 13.4. The Morgan fingerprint density at radius 2 is 1.87 bits per heavy atom. The second-order valence-electron chi connectivity index (χ2n) is 8.08. The molecule has 1 amide bonds. The van der Waals surface area contributed by atoms with Crippen molar-refractivity contribution in [3.63, 3.8) is 0 Å². The molecule has 2 aromatic carbocycles. The van der Waals surface area contributed by atoms with Gasteiger partial charge in [-0.3, -0.25) is 9.48 Å². The Bertz CT molecular complexity index is 1010. The number of carbonyl (C=O) groups is 1. The monoisotopic (exact) mass is 418 g/mol. The highest BCUT2D eigenvalue weighted by molar-refractivity contribution is 5.99. The van der Waals surface area contributed by atoms with Crippen molar-refractivity contribution in [2.24, 2.45) is 0 Å². The van der Waals surface area contributed by atoms with Crippen LogP contribution in [0.5, 0.6) is 5.75 Å². The van der Waals surface area contributed by atoms with Crippen LogP contribution in [0.15, 0.2) is 60.8 Å². The largest absolute Gasteiger partial charge is 0.497 e. The Kier molecular flexibility index (Phi) is 6.67. The van der Waals surface area contributed by atoms with E-state index in [1.165, 1.54) is 12.8 Å². The first-order chi connectivity index (χ1) is 15.1. The third kappa shape index (κ3) is 5.14. The lowest BCUT2D eigenvalue weighted by Gasteiger charge is -2.21. The Balaban J connectivity index is 1.60. The van der Waals surface area contributed by atoms with Crippen LogP contribution in [0.1, 0.15) is 28.8 Å². The molecule has 1 fully saturated rings. The molecule has 0 saturated carbocycles. The summed E-state index contributed by atoms with van der Waals surface area (Å²) in [7, 11) is 3.52. The van der Waals surface area contributed by atoms with Crippen LogP contribution in [0.25, 0.3) is 11.3 Å². The Morgan fingerprint density at radius 3 is 2.61 bits per heavy atom. The molecule has 6 nitrogen and oxygen atoms in total. The van der Waals surface area contributed by atoms with Crippen molar-refractivity contribution in [2.75, 3.05) is 40.3 Å². The topological polar surface area (TPSA) is 50.6 Å². The van der Waals surface area contributed by atoms with Crippen molar-refractivity contribution in [1.29, 1.82) is 0 Å². The van der Waals surface area contributed by atoms with Crippen LogP contribution >= 0.6 is 0 Å². The number of nitrogens with zero attached hydrogens (tertiary/aromatic N) is 4. The van der Waals surface area contributed by atoms with E-state index in [9.17, 15) is 4.79 Å². The van der Waals surface area contributed by atoms with Gasteiger partial charge in [-0.2, -0.15) is 5.10 Å². The highest BCUT2D eigenvalue weighted by Crippen LogP contribution is 2.27. The van der Waals surface area contributed by atoms with Gasteiger partial charge in [0.2, 0.25) is 0 Å². The Labute approximate surface area is 184 Å². The van der Waals surface area contributed by atoms with E-state index in [0.717, 1.165) is 36.5 Å². The molecule has 2 heterocycles. The number of carbonyl (C=O) groups excluding carboxylic acids is 1. The minimum atomic E-state index is -0.00340. The quantitative estimate of drug-likeness (QED) is 0.559. The molecule has 1 aliphatic heterocycles. The molecule has 0 aliphatic carbocycles. The standard InChI is InChI=1S/C25H30N4O2/c1-27(15-16-28-13-6-7-14-28)25(30)23-19-29(18-20-9-4-3-5-10-20)26-24(23)21-11-8-12-22(17-21)31-2/h3-5,8-12,17,19H,6-7,13-16,18H2,1-2H3. The van der Waals surface area contributed by atoms with Gasteiger partial charge in [-0.1, -0.05) is 42.5 Å². The summed E-state index contributed by atoms with van der Waals surface area (Å²) in [5.74, 6) is 0.743. The van der Waals surface area contributed by atoms with E-state index in [4.69, 9.17) is 9.84 Å². The molecule has 0 bridgehead atoms. The van der Waals surface area contributed by atoms with Crippen LogP contribution in [0.4, 0.5) is 0 Å². The number of hydrogen-bond acceptors (Lipinski definition) is 4. The summed E-state index contributed by atoms with van der Waals surface area (Å²) in [6.45, 7) is 4.50. The van der Waals surface area contributed by atoms with Crippen LogP contribution in [-0.2, 0) is 6.54 Å². The van der Waals surface area contributed by atoms with Crippen LogP contribution in [0.3, 0.4) is 0 Å². The number of likely N-dealkylation sites (tertiary alicyclic amines) is 1. The number of methoxy groups -OCH3 is 1. The average Bonchev–Trinajstić information content (AvgIpc) is 3.48. The summed E-state index contributed by atoms with van der Waals surface area (Å²) < 4.78 is 7.24. The molecule has 0 unspecified atom stereocenters. The first kappa shape index (κ1) is 21.1. The lowest BCUT2D eigenvalue weighted by atomic mass is 10.1. The fourth-order valence-corrected chi connectivity index (χ4v) is 4.02. The van der Waals surface area contributed by atoms with Crippen LogP contribution in [-0.4, -0.2) is 65.8 Å². The van der Waals surface area contributed by atoms with Crippen molar-refractivity contribution >= 4 is 5.91 Å². The molecule has 6 heteroatoms. The van der Waals surface area contributed by atoms with Crippen molar-refractivity contribution in [2.45, 2.75) is 19.4 Å². The number of benzene rings is 2. The normalized spacial score (nSPS) is 14.0. The van der Waals surface area contributed by atoms with Crippen molar-refractivity contribution in [3.8, 4) is 17.0 Å². The summed E-state index contributed by atoms with van der Waals surface area (Å²) >= 11 is 0. The molecule has 0 N–H and O–H groups in total. The van der Waals surface area contributed by atoms with Crippen LogP contribution < -0.4 is 4.74 Å². The number of aromatic nitrogens is 2. The zero-order valence-electron chi connectivity index (χ0n) is 18.3. The van der Waals surface area contributed by atoms with Crippen LogP contribution in [0, 0.1) is 0 Å². The number of amides is 1. The van der Waals surface area contributed by atoms with Gasteiger partial charge in [0.1, 0.15) is 11.4 Å². The minimum absolute atomic E-state index is 0.00340. The average molecular weight is 419 g/mol. The molecule has 3 aromatic rings. The fraction of sp³-hybridized carbons (Fsp3) is 0.360. The number of rotatable bonds is 8. The summed E-state index contributed by atoms with van der Waals surface area (Å²) in [4.78, 5) is 17.6. The van der Waals surface area contributed by atoms with E-state index in [-0.39, 0.29) is 5.91 Å². The third-order valence-corrected chi connectivity index (χ3v) is 5.82. The summed E-state index contributed by atoms with van der Waals surface area (Å²) in [6.07, 6.45) is 4.38. The minimum Gasteiger partial charge on any atom is -0.497 e. The highest BCUT2D eigenvalue weighted by atomic mass is 16.5. The second-order valence-corrected chi connectivity index (χ2v) is 8.08. The summed E-state index contributed by atoms with van der Waals surface area (Å²) in [6, 6.07) is 17.9.